The molecular weight excluding hydrogens is 280 g/mol. The number of carboxylic acids is 1. The first-order chi connectivity index (χ1) is 10.1. The molecule has 1 N–H and O–H groups in total. The van der Waals surface area contributed by atoms with Crippen molar-refractivity contribution < 1.29 is 9.90 Å². The molecule has 1 heterocycles. The minimum atomic E-state index is -0.793. The number of benzene rings is 2. The summed E-state index contributed by atoms with van der Waals surface area (Å²) in [5, 5.41) is 9.17. The molecule has 2 aromatic rings. The van der Waals surface area contributed by atoms with Crippen LogP contribution in [0.5, 0.6) is 0 Å². The molecule has 2 nitrogen and oxygen atoms in total. The van der Waals surface area contributed by atoms with E-state index >= 15 is 0 Å². The molecule has 0 radical (unpaired) electrons. The lowest BCUT2D eigenvalue weighted by molar-refractivity contribution is -0.138. The van der Waals surface area contributed by atoms with Gasteiger partial charge in [-0.1, -0.05) is 48.7 Å². The van der Waals surface area contributed by atoms with E-state index < -0.39 is 11.9 Å². The summed E-state index contributed by atoms with van der Waals surface area (Å²) in [6.07, 6.45) is 0.763. The van der Waals surface area contributed by atoms with Crippen molar-refractivity contribution >= 4 is 23.3 Å². The Balaban J connectivity index is 2.04. The Labute approximate surface area is 128 Å². The van der Waals surface area contributed by atoms with Crippen molar-refractivity contribution in [1.29, 1.82) is 0 Å². The molecule has 0 amide bonds. The Morgan fingerprint density at radius 3 is 2.76 bits per heavy atom. The number of allylic oxidation sites excluding steroid dienone is 1. The van der Waals surface area contributed by atoms with Crippen LogP contribution in [0.4, 0.5) is 0 Å². The van der Waals surface area contributed by atoms with Gasteiger partial charge in [0.1, 0.15) is 0 Å². The van der Waals surface area contributed by atoms with E-state index in [4.69, 9.17) is 5.11 Å². The molecule has 0 aliphatic carbocycles. The normalized spacial score (nSPS) is 14.8. The summed E-state index contributed by atoms with van der Waals surface area (Å²) in [6.45, 7) is 5.91. The summed E-state index contributed by atoms with van der Waals surface area (Å²) < 4.78 is 0. The van der Waals surface area contributed by atoms with Crippen LogP contribution in [0.1, 0.15) is 29.5 Å². The summed E-state index contributed by atoms with van der Waals surface area (Å²) in [6, 6.07) is 14.2. The van der Waals surface area contributed by atoms with E-state index in [0.717, 1.165) is 23.1 Å². The van der Waals surface area contributed by atoms with Gasteiger partial charge in [-0.15, -0.1) is 0 Å². The lowest BCUT2D eigenvalue weighted by Gasteiger charge is -2.11. The fourth-order valence-corrected chi connectivity index (χ4v) is 3.64. The quantitative estimate of drug-likeness (QED) is 0.880. The van der Waals surface area contributed by atoms with E-state index in [1.807, 2.05) is 30.3 Å². The zero-order chi connectivity index (χ0) is 15.0. The molecule has 3 heteroatoms. The zero-order valence-electron chi connectivity index (χ0n) is 11.8. The molecule has 1 atom stereocenters. The van der Waals surface area contributed by atoms with Crippen molar-refractivity contribution in [2.75, 3.05) is 0 Å². The lowest BCUT2D eigenvalue weighted by atomic mass is 9.95. The highest BCUT2D eigenvalue weighted by molar-refractivity contribution is 7.99. The maximum Gasteiger partial charge on any atom is 0.310 e. The predicted molar refractivity (Wildman–Crippen MR) is 85.8 cm³/mol. The minimum Gasteiger partial charge on any atom is -0.481 e. The Hall–Kier alpha value is -2.00. The van der Waals surface area contributed by atoms with Gasteiger partial charge in [-0.3, -0.25) is 4.79 Å². The van der Waals surface area contributed by atoms with Gasteiger partial charge in [-0.2, -0.15) is 0 Å². The van der Waals surface area contributed by atoms with Gasteiger partial charge in [-0.05, 0) is 47.7 Å². The Bertz CT molecular complexity index is 734. The maximum absolute atomic E-state index is 11.2. The van der Waals surface area contributed by atoms with Crippen LogP contribution < -0.4 is 0 Å². The van der Waals surface area contributed by atoms with E-state index in [1.165, 1.54) is 15.4 Å². The summed E-state index contributed by atoms with van der Waals surface area (Å²) in [7, 11) is 0. The van der Waals surface area contributed by atoms with Crippen molar-refractivity contribution in [3.8, 4) is 0 Å². The van der Waals surface area contributed by atoms with Gasteiger partial charge in [0.2, 0.25) is 0 Å². The third kappa shape index (κ3) is 2.61. The van der Waals surface area contributed by atoms with Gasteiger partial charge in [0.25, 0.3) is 0 Å². The van der Waals surface area contributed by atoms with Crippen LogP contribution in [0.15, 0.2) is 58.8 Å². The molecule has 0 spiro atoms. The smallest absolute Gasteiger partial charge is 0.310 e. The number of carbonyl (C=O) groups is 1. The van der Waals surface area contributed by atoms with E-state index in [1.54, 1.807) is 18.7 Å². The van der Waals surface area contributed by atoms with Gasteiger partial charge in [-0.25, -0.2) is 0 Å². The average molecular weight is 296 g/mol. The summed E-state index contributed by atoms with van der Waals surface area (Å²) >= 11 is 1.73. The topological polar surface area (TPSA) is 37.3 Å². The van der Waals surface area contributed by atoms with Crippen LogP contribution in [0.25, 0.3) is 5.57 Å². The zero-order valence-corrected chi connectivity index (χ0v) is 12.6. The molecule has 21 heavy (non-hydrogen) atoms. The molecule has 1 aliphatic heterocycles. The van der Waals surface area contributed by atoms with E-state index in [-0.39, 0.29) is 0 Å². The molecule has 0 bridgehead atoms. The van der Waals surface area contributed by atoms with Gasteiger partial charge in [0.15, 0.2) is 0 Å². The number of rotatable bonds is 2. The van der Waals surface area contributed by atoms with E-state index in [2.05, 4.69) is 18.7 Å². The van der Waals surface area contributed by atoms with Gasteiger partial charge >= 0.3 is 5.97 Å². The fraction of sp³-hybridized carbons (Fsp3) is 0.167. The van der Waals surface area contributed by atoms with Crippen LogP contribution >= 0.6 is 11.8 Å². The first kappa shape index (κ1) is 14.0. The number of fused-ring (bicyclic) bond motifs is 2. The molecule has 0 unspecified atom stereocenters. The molecule has 0 saturated heterocycles. The van der Waals surface area contributed by atoms with Crippen molar-refractivity contribution in [3.05, 3.63) is 65.7 Å². The Morgan fingerprint density at radius 2 is 2.00 bits per heavy atom. The van der Waals surface area contributed by atoms with Crippen LogP contribution in [-0.4, -0.2) is 11.1 Å². The predicted octanol–water partition coefficient (Wildman–Crippen LogP) is 4.60. The number of carboxylic acid groups (broad SMARTS) is 1. The molecule has 2 aromatic carbocycles. The van der Waals surface area contributed by atoms with E-state index in [9.17, 15) is 4.79 Å². The van der Waals surface area contributed by atoms with Crippen LogP contribution in [0.2, 0.25) is 0 Å². The Morgan fingerprint density at radius 1 is 1.24 bits per heavy atom. The third-order valence-electron chi connectivity index (χ3n) is 3.85. The second-order valence-electron chi connectivity index (χ2n) is 5.31. The molecule has 106 valence electrons. The number of hydrogen-bond acceptors (Lipinski definition) is 2. The second kappa shape index (κ2) is 5.41. The van der Waals surface area contributed by atoms with Crippen LogP contribution in [0, 0.1) is 0 Å². The first-order valence-corrected chi connectivity index (χ1v) is 7.68. The van der Waals surface area contributed by atoms with Crippen molar-refractivity contribution in [3.63, 3.8) is 0 Å². The van der Waals surface area contributed by atoms with Crippen LogP contribution in [-0.2, 0) is 11.2 Å². The number of hydrogen-bond donors (Lipinski definition) is 1. The molecular formula is C18H16O2S. The van der Waals surface area contributed by atoms with Crippen molar-refractivity contribution in [1.82, 2.24) is 0 Å². The molecule has 0 fully saturated rings. The molecule has 1 aliphatic rings. The Kier molecular flexibility index (Phi) is 3.60. The fourth-order valence-electron chi connectivity index (χ4n) is 2.54. The highest BCUT2D eigenvalue weighted by Crippen LogP contribution is 2.41. The number of aliphatic carboxylic acids is 1. The summed E-state index contributed by atoms with van der Waals surface area (Å²) in [5.74, 6) is -1.28. The highest BCUT2D eigenvalue weighted by atomic mass is 32.2. The SMILES string of the molecule is C=C1Cc2cc([C@H](C)C(=O)O)ccc2Sc2ccccc21. The average Bonchev–Trinajstić information content (AvgIpc) is 2.61. The summed E-state index contributed by atoms with van der Waals surface area (Å²) in [4.78, 5) is 13.5. The monoisotopic (exact) mass is 296 g/mol. The minimum absolute atomic E-state index is 0.487. The molecule has 3 rings (SSSR count). The van der Waals surface area contributed by atoms with Crippen LogP contribution in [0.3, 0.4) is 0 Å². The standard InChI is InChI=1S/C18H16O2S/c1-11-9-14-10-13(12(2)18(19)20)7-8-16(14)21-17-6-4-3-5-15(11)17/h3-8,10,12H,1,9H2,2H3,(H,19,20)/t12-/m0/s1. The largest absolute Gasteiger partial charge is 0.481 e. The summed E-state index contributed by atoms with van der Waals surface area (Å²) in [5.41, 5.74) is 4.27. The maximum atomic E-state index is 11.2. The molecule has 0 aromatic heterocycles. The highest BCUT2D eigenvalue weighted by Gasteiger charge is 2.19. The van der Waals surface area contributed by atoms with Gasteiger partial charge in [0.05, 0.1) is 5.92 Å². The third-order valence-corrected chi connectivity index (χ3v) is 5.04. The molecule has 0 saturated carbocycles. The van der Waals surface area contributed by atoms with Crippen molar-refractivity contribution in [2.45, 2.75) is 29.1 Å². The van der Waals surface area contributed by atoms with Crippen molar-refractivity contribution in [2.24, 2.45) is 0 Å². The van der Waals surface area contributed by atoms with Gasteiger partial charge < -0.3 is 5.11 Å². The second-order valence-corrected chi connectivity index (χ2v) is 6.39. The van der Waals surface area contributed by atoms with E-state index in [0.29, 0.717) is 0 Å². The first-order valence-electron chi connectivity index (χ1n) is 6.87. The van der Waals surface area contributed by atoms with Gasteiger partial charge in [0, 0.05) is 9.79 Å². The lowest BCUT2D eigenvalue weighted by Crippen LogP contribution is -2.07.